The summed E-state index contributed by atoms with van der Waals surface area (Å²) in [5, 5.41) is 4.30. The molecule has 0 fully saturated rings. The van der Waals surface area contributed by atoms with Crippen LogP contribution in [-0.4, -0.2) is 16.1 Å². The van der Waals surface area contributed by atoms with Gasteiger partial charge in [-0.3, -0.25) is 9.48 Å². The summed E-state index contributed by atoms with van der Waals surface area (Å²) in [5.74, 6) is 0.572. The molecule has 1 rings (SSSR count). The molecule has 0 aliphatic heterocycles. The minimum absolute atomic E-state index is 0.0640. The van der Waals surface area contributed by atoms with E-state index >= 15 is 0 Å². The molecule has 0 unspecified atom stereocenters. The fourth-order valence-electron chi connectivity index (χ4n) is 1.64. The Balaban J connectivity index is 3.11. The lowest BCUT2D eigenvalue weighted by atomic mass is 10.0. The largest absolute Gasteiger partial charge is 0.296 e. The van der Waals surface area contributed by atoms with E-state index in [1.165, 1.54) is 0 Å². The highest BCUT2D eigenvalue weighted by Crippen LogP contribution is 2.19. The third kappa shape index (κ3) is 2.91. The lowest BCUT2D eigenvalue weighted by Gasteiger charge is -2.23. The lowest BCUT2D eigenvalue weighted by molar-refractivity contribution is 0.111. The summed E-state index contributed by atoms with van der Waals surface area (Å²) in [4.78, 5) is 10.7. The van der Waals surface area contributed by atoms with Crippen molar-refractivity contribution >= 4 is 6.29 Å². The highest BCUT2D eigenvalue weighted by molar-refractivity contribution is 5.71. The van der Waals surface area contributed by atoms with E-state index in [0.29, 0.717) is 11.6 Å². The molecule has 3 heteroatoms. The summed E-state index contributed by atoms with van der Waals surface area (Å²) in [5.41, 5.74) is 1.60. The van der Waals surface area contributed by atoms with Crippen molar-refractivity contribution in [1.82, 2.24) is 9.78 Å². The first kappa shape index (κ1) is 12.0. The third-order valence-electron chi connectivity index (χ3n) is 2.18. The van der Waals surface area contributed by atoms with Crippen LogP contribution in [0.5, 0.6) is 0 Å². The highest BCUT2D eigenvalue weighted by atomic mass is 16.1. The van der Waals surface area contributed by atoms with E-state index in [2.05, 4.69) is 39.7 Å². The van der Waals surface area contributed by atoms with E-state index < -0.39 is 0 Å². The van der Waals surface area contributed by atoms with Crippen molar-refractivity contribution < 1.29 is 4.79 Å². The number of hydrogen-bond acceptors (Lipinski definition) is 2. The maximum absolute atomic E-state index is 10.7. The Hall–Kier alpha value is -1.12. The molecule has 0 saturated carbocycles. The standard InChI is InChI=1S/C12H20N2O/c1-9(2)6-11-7-10(8-15)13-14(11)12(3,4)5/h7-9H,6H2,1-5H3. The number of rotatable bonds is 3. The molecule has 0 atom stereocenters. The predicted octanol–water partition coefficient (Wildman–Crippen LogP) is 2.65. The van der Waals surface area contributed by atoms with Crippen LogP contribution in [0.1, 0.15) is 50.8 Å². The van der Waals surface area contributed by atoms with Crippen molar-refractivity contribution in [2.24, 2.45) is 5.92 Å². The van der Waals surface area contributed by atoms with Crippen LogP contribution in [0.3, 0.4) is 0 Å². The number of carbonyl (C=O) groups is 1. The molecule has 0 spiro atoms. The number of aromatic nitrogens is 2. The van der Waals surface area contributed by atoms with Gasteiger partial charge in [0.05, 0.1) is 5.54 Å². The Labute approximate surface area is 91.5 Å². The van der Waals surface area contributed by atoms with E-state index in [-0.39, 0.29) is 5.54 Å². The van der Waals surface area contributed by atoms with E-state index in [0.717, 1.165) is 18.4 Å². The zero-order valence-corrected chi connectivity index (χ0v) is 10.2. The number of carbonyl (C=O) groups excluding carboxylic acids is 1. The second kappa shape index (κ2) is 4.17. The first-order valence-electron chi connectivity index (χ1n) is 5.39. The van der Waals surface area contributed by atoms with Crippen molar-refractivity contribution in [3.05, 3.63) is 17.5 Å². The minimum Gasteiger partial charge on any atom is -0.296 e. The van der Waals surface area contributed by atoms with Crippen LogP contribution >= 0.6 is 0 Å². The van der Waals surface area contributed by atoms with Gasteiger partial charge in [0, 0.05) is 5.69 Å². The van der Waals surface area contributed by atoms with Crippen molar-refractivity contribution in [2.45, 2.75) is 46.6 Å². The molecule has 0 saturated heterocycles. The fourth-order valence-corrected chi connectivity index (χ4v) is 1.64. The van der Waals surface area contributed by atoms with Crippen molar-refractivity contribution in [3.63, 3.8) is 0 Å². The molecule has 0 aliphatic carbocycles. The van der Waals surface area contributed by atoms with Crippen molar-refractivity contribution in [1.29, 1.82) is 0 Å². The number of hydrogen-bond donors (Lipinski definition) is 0. The van der Waals surface area contributed by atoms with Crippen molar-refractivity contribution in [3.8, 4) is 0 Å². The Morgan fingerprint density at radius 3 is 2.47 bits per heavy atom. The Kier molecular flexibility index (Phi) is 3.32. The van der Waals surface area contributed by atoms with Gasteiger partial charge >= 0.3 is 0 Å². The summed E-state index contributed by atoms with van der Waals surface area (Å²) < 4.78 is 1.96. The maximum Gasteiger partial charge on any atom is 0.170 e. The van der Waals surface area contributed by atoms with E-state index in [1.807, 2.05) is 10.7 Å². The Morgan fingerprint density at radius 2 is 2.07 bits per heavy atom. The third-order valence-corrected chi connectivity index (χ3v) is 2.18. The zero-order chi connectivity index (χ0) is 11.6. The second-order valence-electron chi connectivity index (χ2n) is 5.36. The number of aldehydes is 1. The van der Waals surface area contributed by atoms with Crippen LogP contribution in [0.15, 0.2) is 6.07 Å². The van der Waals surface area contributed by atoms with Crippen LogP contribution < -0.4 is 0 Å². The van der Waals surface area contributed by atoms with Gasteiger partial charge in [0.15, 0.2) is 6.29 Å². The molecule has 0 radical (unpaired) electrons. The second-order valence-corrected chi connectivity index (χ2v) is 5.36. The average Bonchev–Trinajstić information content (AvgIpc) is 2.45. The van der Waals surface area contributed by atoms with E-state index in [9.17, 15) is 4.79 Å². The molecule has 15 heavy (non-hydrogen) atoms. The molecule has 0 aromatic carbocycles. The molecule has 1 aromatic heterocycles. The van der Waals surface area contributed by atoms with Gasteiger partial charge in [0.1, 0.15) is 5.69 Å². The quantitative estimate of drug-likeness (QED) is 0.716. The molecule has 0 bridgehead atoms. The van der Waals surface area contributed by atoms with Crippen LogP contribution in [0, 0.1) is 5.92 Å². The SMILES string of the molecule is CC(C)Cc1cc(C=O)nn1C(C)(C)C. The maximum atomic E-state index is 10.7. The van der Waals surface area contributed by atoms with Crippen LogP contribution in [-0.2, 0) is 12.0 Å². The topological polar surface area (TPSA) is 34.9 Å². The summed E-state index contributed by atoms with van der Waals surface area (Å²) in [7, 11) is 0. The molecule has 0 amide bonds. The van der Waals surface area contributed by atoms with Gasteiger partial charge < -0.3 is 0 Å². The normalized spacial score (nSPS) is 12.1. The molecule has 0 aliphatic rings. The summed E-state index contributed by atoms with van der Waals surface area (Å²) >= 11 is 0. The summed E-state index contributed by atoms with van der Waals surface area (Å²) in [6, 6.07) is 1.89. The molecule has 1 heterocycles. The lowest BCUT2D eigenvalue weighted by Crippen LogP contribution is -2.26. The van der Waals surface area contributed by atoms with Gasteiger partial charge in [-0.25, -0.2) is 0 Å². The summed E-state index contributed by atoms with van der Waals surface area (Å²) in [6.45, 7) is 10.6. The zero-order valence-electron chi connectivity index (χ0n) is 10.2. The van der Waals surface area contributed by atoms with E-state index in [1.54, 1.807) is 0 Å². The van der Waals surface area contributed by atoms with Gasteiger partial charge in [0.2, 0.25) is 0 Å². The molecule has 0 N–H and O–H groups in total. The summed E-state index contributed by atoms with van der Waals surface area (Å²) in [6.07, 6.45) is 1.77. The van der Waals surface area contributed by atoms with Crippen LogP contribution in [0.2, 0.25) is 0 Å². The van der Waals surface area contributed by atoms with E-state index in [4.69, 9.17) is 0 Å². The molecular formula is C12H20N2O. The fraction of sp³-hybridized carbons (Fsp3) is 0.667. The first-order valence-corrected chi connectivity index (χ1v) is 5.39. The highest BCUT2D eigenvalue weighted by Gasteiger charge is 2.19. The monoisotopic (exact) mass is 208 g/mol. The smallest absolute Gasteiger partial charge is 0.170 e. The minimum atomic E-state index is -0.0640. The van der Waals surface area contributed by atoms with Crippen LogP contribution in [0.4, 0.5) is 0 Å². The molecular weight excluding hydrogens is 188 g/mol. The average molecular weight is 208 g/mol. The van der Waals surface area contributed by atoms with Crippen molar-refractivity contribution in [2.75, 3.05) is 0 Å². The van der Waals surface area contributed by atoms with Gasteiger partial charge in [-0.2, -0.15) is 5.10 Å². The van der Waals surface area contributed by atoms with Gasteiger partial charge in [-0.05, 0) is 39.2 Å². The Bertz CT molecular complexity index is 345. The number of nitrogens with zero attached hydrogens (tertiary/aromatic N) is 2. The Morgan fingerprint density at radius 1 is 1.47 bits per heavy atom. The first-order chi connectivity index (χ1) is 6.84. The van der Waals surface area contributed by atoms with Gasteiger partial charge in [-0.15, -0.1) is 0 Å². The van der Waals surface area contributed by atoms with Gasteiger partial charge in [-0.1, -0.05) is 13.8 Å². The van der Waals surface area contributed by atoms with Gasteiger partial charge in [0.25, 0.3) is 0 Å². The molecule has 3 nitrogen and oxygen atoms in total. The van der Waals surface area contributed by atoms with Crippen LogP contribution in [0.25, 0.3) is 0 Å². The molecule has 84 valence electrons. The molecule has 1 aromatic rings. The predicted molar refractivity (Wildman–Crippen MR) is 61.2 cm³/mol.